The Morgan fingerprint density at radius 3 is 2.48 bits per heavy atom. The molecule has 5 aliphatic rings. The van der Waals surface area contributed by atoms with Gasteiger partial charge in [0.1, 0.15) is 0 Å². The van der Waals surface area contributed by atoms with Gasteiger partial charge in [-0.15, -0.1) is 0 Å². The Balaban J connectivity index is 1.44. The fourth-order valence-electron chi connectivity index (χ4n) is 8.04. The zero-order valence-electron chi connectivity index (χ0n) is 15.8. The predicted molar refractivity (Wildman–Crippen MR) is 95.6 cm³/mol. The van der Waals surface area contributed by atoms with Crippen LogP contribution in [0.4, 0.5) is 0 Å². The second-order valence-electron chi connectivity index (χ2n) is 9.97. The standard InChI is InChI=1S/C21H33NO3/c1-19-8-5-15(22-23)13-14(19)3-4-16-17(19)6-9-20(2)18(16)7-10-21(20)24-11-12-25-21/h14,16-18,23H,3-13H2,1-2H3/t14?,16-,17+,18+,19+,20+/m1/s1. The van der Waals surface area contributed by atoms with Crippen LogP contribution in [0.25, 0.3) is 0 Å². The summed E-state index contributed by atoms with van der Waals surface area (Å²) in [6, 6.07) is 0. The summed E-state index contributed by atoms with van der Waals surface area (Å²) in [5.41, 5.74) is 1.68. The first-order chi connectivity index (χ1) is 12.0. The molecular formula is C21H33NO3. The fraction of sp³-hybridized carbons (Fsp3) is 0.952. The number of oxime groups is 1. The molecule has 4 aliphatic carbocycles. The third-order valence-electron chi connectivity index (χ3n) is 9.44. The Kier molecular flexibility index (Phi) is 3.61. The van der Waals surface area contributed by atoms with Crippen molar-refractivity contribution in [3.8, 4) is 0 Å². The number of rotatable bonds is 0. The van der Waals surface area contributed by atoms with Crippen LogP contribution in [0.15, 0.2) is 5.16 Å². The van der Waals surface area contributed by atoms with Crippen LogP contribution < -0.4 is 0 Å². The quantitative estimate of drug-likeness (QED) is 0.514. The summed E-state index contributed by atoms with van der Waals surface area (Å²) in [4.78, 5) is 0. The lowest BCUT2D eigenvalue weighted by atomic mass is 9.45. The molecule has 0 amide bonds. The van der Waals surface area contributed by atoms with E-state index >= 15 is 0 Å². The molecule has 4 saturated carbocycles. The van der Waals surface area contributed by atoms with E-state index in [0.717, 1.165) is 55.9 Å². The van der Waals surface area contributed by atoms with E-state index < -0.39 is 0 Å². The van der Waals surface area contributed by atoms with E-state index in [9.17, 15) is 5.21 Å². The zero-order chi connectivity index (χ0) is 17.3. The van der Waals surface area contributed by atoms with Gasteiger partial charge < -0.3 is 14.7 Å². The van der Waals surface area contributed by atoms with Crippen LogP contribution in [-0.4, -0.2) is 29.9 Å². The summed E-state index contributed by atoms with van der Waals surface area (Å²) in [6.45, 7) is 6.58. The highest BCUT2D eigenvalue weighted by Crippen LogP contribution is 2.69. The number of fused-ring (bicyclic) bond motifs is 6. The van der Waals surface area contributed by atoms with Crippen LogP contribution in [0, 0.1) is 34.5 Å². The minimum atomic E-state index is -0.274. The normalized spacial score (nSPS) is 52.8. The van der Waals surface area contributed by atoms with Crippen molar-refractivity contribution >= 4 is 5.71 Å². The van der Waals surface area contributed by atoms with Crippen molar-refractivity contribution in [1.29, 1.82) is 0 Å². The smallest absolute Gasteiger partial charge is 0.174 e. The van der Waals surface area contributed by atoms with Gasteiger partial charge in [0.25, 0.3) is 0 Å². The average molecular weight is 347 g/mol. The molecule has 5 fully saturated rings. The van der Waals surface area contributed by atoms with E-state index in [4.69, 9.17) is 9.47 Å². The van der Waals surface area contributed by atoms with Crippen LogP contribution in [0.1, 0.15) is 71.6 Å². The highest BCUT2D eigenvalue weighted by atomic mass is 16.7. The summed E-state index contributed by atoms with van der Waals surface area (Å²) < 4.78 is 12.5. The van der Waals surface area contributed by atoms with Crippen molar-refractivity contribution in [3.05, 3.63) is 0 Å². The van der Waals surface area contributed by atoms with E-state index in [1.54, 1.807) is 0 Å². The zero-order valence-corrected chi connectivity index (χ0v) is 15.8. The maximum absolute atomic E-state index is 9.23. The highest BCUT2D eigenvalue weighted by Gasteiger charge is 2.67. The molecule has 5 rings (SSSR count). The largest absolute Gasteiger partial charge is 0.411 e. The van der Waals surface area contributed by atoms with E-state index in [-0.39, 0.29) is 11.2 Å². The summed E-state index contributed by atoms with van der Waals surface area (Å²) in [5.74, 6) is 2.87. The van der Waals surface area contributed by atoms with Crippen molar-refractivity contribution in [1.82, 2.24) is 0 Å². The van der Waals surface area contributed by atoms with Crippen molar-refractivity contribution in [2.24, 2.45) is 39.7 Å². The summed E-state index contributed by atoms with van der Waals surface area (Å²) in [6.07, 6.45) is 10.8. The van der Waals surface area contributed by atoms with Crippen LogP contribution in [-0.2, 0) is 9.47 Å². The van der Waals surface area contributed by atoms with Crippen molar-refractivity contribution in [2.45, 2.75) is 77.4 Å². The molecule has 0 bridgehead atoms. The predicted octanol–water partition coefficient (Wildman–Crippen LogP) is 4.60. The highest BCUT2D eigenvalue weighted by molar-refractivity contribution is 5.85. The molecule has 1 saturated heterocycles. The van der Waals surface area contributed by atoms with Crippen molar-refractivity contribution < 1.29 is 14.7 Å². The van der Waals surface area contributed by atoms with Gasteiger partial charge in [-0.3, -0.25) is 0 Å². The molecule has 0 aromatic carbocycles. The molecule has 4 nitrogen and oxygen atoms in total. The van der Waals surface area contributed by atoms with Gasteiger partial charge in [-0.1, -0.05) is 19.0 Å². The minimum Gasteiger partial charge on any atom is -0.411 e. The molecule has 0 aromatic rings. The Morgan fingerprint density at radius 1 is 0.960 bits per heavy atom. The van der Waals surface area contributed by atoms with Crippen LogP contribution in [0.5, 0.6) is 0 Å². The fourth-order valence-corrected chi connectivity index (χ4v) is 8.04. The molecule has 1 unspecified atom stereocenters. The third-order valence-corrected chi connectivity index (χ3v) is 9.44. The lowest BCUT2D eigenvalue weighted by molar-refractivity contribution is -0.246. The molecule has 0 aromatic heterocycles. The van der Waals surface area contributed by atoms with E-state index in [1.165, 1.54) is 38.5 Å². The second-order valence-corrected chi connectivity index (χ2v) is 9.97. The summed E-state index contributed by atoms with van der Waals surface area (Å²) >= 11 is 0. The van der Waals surface area contributed by atoms with Gasteiger partial charge >= 0.3 is 0 Å². The van der Waals surface area contributed by atoms with Gasteiger partial charge in [-0.05, 0) is 80.5 Å². The van der Waals surface area contributed by atoms with Gasteiger partial charge in [-0.25, -0.2) is 0 Å². The lowest BCUT2D eigenvalue weighted by Crippen LogP contribution is -2.56. The second kappa shape index (κ2) is 5.45. The number of hydrogen-bond donors (Lipinski definition) is 1. The van der Waals surface area contributed by atoms with E-state index in [0.29, 0.717) is 11.3 Å². The first-order valence-electron chi connectivity index (χ1n) is 10.5. The van der Waals surface area contributed by atoms with Crippen molar-refractivity contribution in [3.63, 3.8) is 0 Å². The Labute approximate surface area is 151 Å². The minimum absolute atomic E-state index is 0.209. The van der Waals surface area contributed by atoms with E-state index in [2.05, 4.69) is 19.0 Å². The first kappa shape index (κ1) is 16.6. The molecule has 1 spiro atoms. The SMILES string of the molecule is C[C@]12CCC(=NO)CC1CC[C@@H]1[C@@H]2CC[C@@]2(C)[C@H]1CCC21OCCO1. The molecule has 6 atom stereocenters. The maximum atomic E-state index is 9.23. The molecule has 140 valence electrons. The van der Waals surface area contributed by atoms with Gasteiger partial charge in [0.15, 0.2) is 5.79 Å². The number of hydrogen-bond acceptors (Lipinski definition) is 4. The Hall–Kier alpha value is -0.610. The van der Waals surface area contributed by atoms with Gasteiger partial charge in [-0.2, -0.15) is 0 Å². The Morgan fingerprint density at radius 2 is 1.72 bits per heavy atom. The van der Waals surface area contributed by atoms with Crippen molar-refractivity contribution in [2.75, 3.05) is 13.2 Å². The van der Waals surface area contributed by atoms with Crippen LogP contribution in [0.2, 0.25) is 0 Å². The maximum Gasteiger partial charge on any atom is 0.174 e. The monoisotopic (exact) mass is 347 g/mol. The summed E-state index contributed by atoms with van der Waals surface area (Å²) in [5, 5.41) is 12.8. The molecule has 1 heterocycles. The molecular weight excluding hydrogens is 314 g/mol. The molecule has 0 radical (unpaired) electrons. The third kappa shape index (κ3) is 2.04. The summed E-state index contributed by atoms with van der Waals surface area (Å²) in [7, 11) is 0. The van der Waals surface area contributed by atoms with Crippen LogP contribution in [0.3, 0.4) is 0 Å². The molecule has 25 heavy (non-hydrogen) atoms. The molecule has 1 aliphatic heterocycles. The number of nitrogens with zero attached hydrogens (tertiary/aromatic N) is 1. The van der Waals surface area contributed by atoms with Gasteiger partial charge in [0, 0.05) is 11.8 Å². The van der Waals surface area contributed by atoms with E-state index in [1.807, 2.05) is 0 Å². The van der Waals surface area contributed by atoms with Crippen LogP contribution >= 0.6 is 0 Å². The lowest BCUT2D eigenvalue weighted by Gasteiger charge is -2.61. The Bertz CT molecular complexity index is 584. The van der Waals surface area contributed by atoms with Gasteiger partial charge in [0.05, 0.1) is 18.9 Å². The molecule has 4 heteroatoms. The topological polar surface area (TPSA) is 51.1 Å². The number of ether oxygens (including phenoxy) is 2. The van der Waals surface area contributed by atoms with Gasteiger partial charge in [0.2, 0.25) is 0 Å². The average Bonchev–Trinajstić information content (AvgIpc) is 3.21. The molecule has 1 N–H and O–H groups in total. The first-order valence-corrected chi connectivity index (χ1v) is 10.5.